The van der Waals surface area contributed by atoms with E-state index in [1.165, 1.54) is 43.6 Å². The molecule has 19 heavy (non-hydrogen) atoms. The summed E-state index contributed by atoms with van der Waals surface area (Å²) in [5.41, 5.74) is 2.55. The number of halogens is 1. The van der Waals surface area contributed by atoms with Gasteiger partial charge in [-0.1, -0.05) is 24.1 Å². The van der Waals surface area contributed by atoms with Crippen LogP contribution in [0.15, 0.2) is 18.2 Å². The fourth-order valence-corrected chi connectivity index (χ4v) is 3.76. The molecule has 0 amide bonds. The molecule has 3 rings (SSSR count). The normalized spacial score (nSPS) is 28.3. The van der Waals surface area contributed by atoms with Crippen LogP contribution in [0.2, 0.25) is 5.02 Å². The van der Waals surface area contributed by atoms with Crippen LogP contribution in [0.1, 0.15) is 31.7 Å². The van der Waals surface area contributed by atoms with E-state index in [1.807, 2.05) is 6.07 Å². The Morgan fingerprint density at radius 1 is 1.21 bits per heavy atom. The Hall–Kier alpha value is -0.730. The first kappa shape index (κ1) is 13.3. The SMILES string of the molecule is Cc1c(Cl)cccc1N1CC2CCCCN2CC1C. The summed E-state index contributed by atoms with van der Waals surface area (Å²) < 4.78 is 0. The van der Waals surface area contributed by atoms with Crippen LogP contribution < -0.4 is 4.90 Å². The van der Waals surface area contributed by atoms with Crippen LogP contribution in [0.5, 0.6) is 0 Å². The number of fused-ring (bicyclic) bond motifs is 1. The Labute approximate surface area is 121 Å². The first-order valence-electron chi connectivity index (χ1n) is 7.42. The van der Waals surface area contributed by atoms with E-state index in [1.54, 1.807) is 0 Å². The summed E-state index contributed by atoms with van der Waals surface area (Å²) in [6.07, 6.45) is 4.11. The van der Waals surface area contributed by atoms with Gasteiger partial charge in [0.1, 0.15) is 0 Å². The van der Waals surface area contributed by atoms with E-state index in [-0.39, 0.29) is 0 Å². The zero-order chi connectivity index (χ0) is 13.4. The Bertz CT molecular complexity index is 460. The van der Waals surface area contributed by atoms with E-state index in [4.69, 9.17) is 11.6 Å². The molecule has 0 aromatic heterocycles. The maximum Gasteiger partial charge on any atom is 0.0455 e. The molecule has 0 bridgehead atoms. The molecule has 2 atom stereocenters. The van der Waals surface area contributed by atoms with Crippen LogP contribution in [0.3, 0.4) is 0 Å². The van der Waals surface area contributed by atoms with E-state index >= 15 is 0 Å². The molecule has 2 heterocycles. The Balaban J connectivity index is 1.86. The largest absolute Gasteiger partial charge is 0.366 e. The van der Waals surface area contributed by atoms with E-state index in [0.29, 0.717) is 6.04 Å². The molecule has 0 aliphatic carbocycles. The fourth-order valence-electron chi connectivity index (χ4n) is 3.60. The van der Waals surface area contributed by atoms with Crippen molar-refractivity contribution in [2.24, 2.45) is 0 Å². The minimum atomic E-state index is 0.575. The summed E-state index contributed by atoms with van der Waals surface area (Å²) in [6.45, 7) is 8.11. The van der Waals surface area contributed by atoms with Gasteiger partial charge in [0.2, 0.25) is 0 Å². The van der Waals surface area contributed by atoms with Gasteiger partial charge in [0.15, 0.2) is 0 Å². The zero-order valence-electron chi connectivity index (χ0n) is 11.9. The number of rotatable bonds is 1. The van der Waals surface area contributed by atoms with E-state index in [9.17, 15) is 0 Å². The third kappa shape index (κ3) is 2.48. The van der Waals surface area contributed by atoms with Gasteiger partial charge in [0.05, 0.1) is 0 Å². The third-order valence-electron chi connectivity index (χ3n) is 4.74. The molecule has 0 N–H and O–H groups in total. The predicted octanol–water partition coefficient (Wildman–Crippen LogP) is 3.71. The highest BCUT2D eigenvalue weighted by Gasteiger charge is 2.33. The number of piperidine rings is 1. The van der Waals surface area contributed by atoms with Crippen LogP contribution in [0, 0.1) is 6.92 Å². The van der Waals surface area contributed by atoms with E-state index in [2.05, 4.69) is 35.8 Å². The lowest BCUT2D eigenvalue weighted by molar-refractivity contribution is 0.115. The predicted molar refractivity (Wildman–Crippen MR) is 82.2 cm³/mol. The summed E-state index contributed by atoms with van der Waals surface area (Å²) in [5, 5.41) is 0.885. The van der Waals surface area contributed by atoms with Crippen molar-refractivity contribution in [3.05, 3.63) is 28.8 Å². The smallest absolute Gasteiger partial charge is 0.0455 e. The minimum absolute atomic E-state index is 0.575. The second kappa shape index (κ2) is 5.34. The van der Waals surface area contributed by atoms with Crippen LogP contribution in [-0.2, 0) is 0 Å². The zero-order valence-corrected chi connectivity index (χ0v) is 12.7. The number of piperazine rings is 1. The number of nitrogens with zero attached hydrogens (tertiary/aromatic N) is 2. The van der Waals surface area contributed by atoms with Crippen molar-refractivity contribution in [2.45, 2.75) is 45.2 Å². The van der Waals surface area contributed by atoms with Crippen LogP contribution in [0.25, 0.3) is 0 Å². The molecule has 2 aliphatic rings. The van der Waals surface area contributed by atoms with Gasteiger partial charge in [-0.25, -0.2) is 0 Å². The maximum atomic E-state index is 6.28. The second-order valence-corrected chi connectivity index (χ2v) is 6.44. The van der Waals surface area contributed by atoms with Crippen molar-refractivity contribution >= 4 is 17.3 Å². The Morgan fingerprint density at radius 2 is 2.05 bits per heavy atom. The average Bonchev–Trinajstić information content (AvgIpc) is 2.41. The number of hydrogen-bond donors (Lipinski definition) is 0. The summed E-state index contributed by atoms with van der Waals surface area (Å²) in [6, 6.07) is 7.60. The topological polar surface area (TPSA) is 6.48 Å². The fraction of sp³-hybridized carbons (Fsp3) is 0.625. The molecule has 3 heteroatoms. The van der Waals surface area contributed by atoms with Gasteiger partial charge < -0.3 is 4.90 Å². The van der Waals surface area contributed by atoms with Crippen molar-refractivity contribution < 1.29 is 0 Å². The molecule has 2 unspecified atom stereocenters. The van der Waals surface area contributed by atoms with Crippen molar-refractivity contribution in [1.29, 1.82) is 0 Å². The molecule has 2 nitrogen and oxygen atoms in total. The highest BCUT2D eigenvalue weighted by atomic mass is 35.5. The van der Waals surface area contributed by atoms with Crippen molar-refractivity contribution in [1.82, 2.24) is 4.90 Å². The van der Waals surface area contributed by atoms with E-state index < -0.39 is 0 Å². The monoisotopic (exact) mass is 278 g/mol. The highest BCUT2D eigenvalue weighted by Crippen LogP contribution is 2.32. The first-order chi connectivity index (χ1) is 9.16. The van der Waals surface area contributed by atoms with Crippen molar-refractivity contribution in [3.63, 3.8) is 0 Å². The molecule has 104 valence electrons. The molecule has 0 radical (unpaired) electrons. The van der Waals surface area contributed by atoms with Gasteiger partial charge in [-0.3, -0.25) is 4.90 Å². The third-order valence-corrected chi connectivity index (χ3v) is 5.15. The maximum absolute atomic E-state index is 6.28. The standard InChI is InChI=1S/C16H23ClN2/c1-12-10-18-9-4-3-6-14(18)11-19(12)16-8-5-7-15(17)13(16)2/h5,7-8,12,14H,3-4,6,9-11H2,1-2H3. The summed E-state index contributed by atoms with van der Waals surface area (Å²) in [5.74, 6) is 0. The lowest BCUT2D eigenvalue weighted by atomic mass is 9.96. The lowest BCUT2D eigenvalue weighted by Gasteiger charge is -2.48. The molecular weight excluding hydrogens is 256 g/mol. The molecule has 2 fully saturated rings. The summed E-state index contributed by atoms with van der Waals surface area (Å²) in [4.78, 5) is 5.25. The van der Waals surface area contributed by atoms with Crippen LogP contribution in [-0.4, -0.2) is 36.6 Å². The van der Waals surface area contributed by atoms with Gasteiger partial charge in [0, 0.05) is 35.9 Å². The van der Waals surface area contributed by atoms with Gasteiger partial charge in [-0.2, -0.15) is 0 Å². The molecule has 2 aliphatic heterocycles. The number of anilines is 1. The second-order valence-electron chi connectivity index (χ2n) is 6.03. The van der Waals surface area contributed by atoms with Crippen molar-refractivity contribution in [3.8, 4) is 0 Å². The summed E-state index contributed by atoms with van der Waals surface area (Å²) >= 11 is 6.28. The van der Waals surface area contributed by atoms with Gasteiger partial charge >= 0.3 is 0 Å². The van der Waals surface area contributed by atoms with Gasteiger partial charge in [-0.15, -0.1) is 0 Å². The Morgan fingerprint density at radius 3 is 2.89 bits per heavy atom. The first-order valence-corrected chi connectivity index (χ1v) is 7.80. The van der Waals surface area contributed by atoms with Gasteiger partial charge in [0.25, 0.3) is 0 Å². The molecule has 2 saturated heterocycles. The molecule has 1 aromatic rings. The van der Waals surface area contributed by atoms with Crippen LogP contribution >= 0.6 is 11.6 Å². The van der Waals surface area contributed by atoms with Crippen LogP contribution in [0.4, 0.5) is 5.69 Å². The highest BCUT2D eigenvalue weighted by molar-refractivity contribution is 6.31. The quantitative estimate of drug-likeness (QED) is 0.773. The van der Waals surface area contributed by atoms with Gasteiger partial charge in [-0.05, 0) is 50.9 Å². The minimum Gasteiger partial charge on any atom is -0.366 e. The molecule has 0 saturated carbocycles. The van der Waals surface area contributed by atoms with E-state index in [0.717, 1.165) is 17.6 Å². The molecule has 1 aromatic carbocycles. The lowest BCUT2D eigenvalue weighted by Crippen LogP contribution is -2.59. The molecular formula is C16H23ClN2. The van der Waals surface area contributed by atoms with Crippen molar-refractivity contribution in [2.75, 3.05) is 24.5 Å². The Kier molecular flexibility index (Phi) is 3.72. The number of hydrogen-bond acceptors (Lipinski definition) is 2. The summed E-state index contributed by atoms with van der Waals surface area (Å²) in [7, 11) is 0. The number of benzene rings is 1. The average molecular weight is 279 g/mol. The molecule has 0 spiro atoms.